The minimum atomic E-state index is -3.56. The molecule has 0 fully saturated rings. The molecular formula is C16H13ClN4O3S2. The number of anilines is 1. The van der Waals surface area contributed by atoms with Crippen molar-refractivity contribution in [3.63, 3.8) is 0 Å². The molecule has 0 aliphatic heterocycles. The van der Waals surface area contributed by atoms with Gasteiger partial charge < -0.3 is 5.32 Å². The third kappa shape index (κ3) is 4.63. The Morgan fingerprint density at radius 3 is 2.58 bits per heavy atom. The highest BCUT2D eigenvalue weighted by Crippen LogP contribution is 2.24. The number of carbonyl (C=O) groups is 1. The summed E-state index contributed by atoms with van der Waals surface area (Å²) in [6.07, 6.45) is 1.44. The molecule has 0 saturated heterocycles. The number of nitrogens with zero attached hydrogens (tertiary/aromatic N) is 3. The van der Waals surface area contributed by atoms with Crippen LogP contribution in [0.5, 0.6) is 0 Å². The average Bonchev–Trinajstić information content (AvgIpc) is 3.10. The zero-order chi connectivity index (χ0) is 18.6. The Labute approximate surface area is 159 Å². The van der Waals surface area contributed by atoms with Crippen LogP contribution in [0, 0.1) is 0 Å². The summed E-state index contributed by atoms with van der Waals surface area (Å²) >= 11 is 6.92. The molecule has 0 aliphatic carbocycles. The largest absolute Gasteiger partial charge is 0.300 e. The average molecular weight is 409 g/mol. The first-order valence-corrected chi connectivity index (χ1v) is 10.3. The second-order valence-electron chi connectivity index (χ2n) is 5.20. The summed E-state index contributed by atoms with van der Waals surface area (Å²) < 4.78 is 24.5. The van der Waals surface area contributed by atoms with Crippen LogP contribution < -0.4 is 5.32 Å². The SMILES string of the molecule is O=C(CCS(=O)(=O)c1ccc(Cl)cc1)Nc1nnc(-c2ccccn2)s1. The molecule has 0 spiro atoms. The third-order valence-electron chi connectivity index (χ3n) is 3.33. The fraction of sp³-hybridized carbons (Fsp3) is 0.125. The lowest BCUT2D eigenvalue weighted by atomic mass is 10.4. The van der Waals surface area contributed by atoms with Gasteiger partial charge in [-0.1, -0.05) is 29.0 Å². The van der Waals surface area contributed by atoms with Gasteiger partial charge in [-0.25, -0.2) is 8.42 Å². The molecule has 0 unspecified atom stereocenters. The van der Waals surface area contributed by atoms with E-state index < -0.39 is 15.7 Å². The number of nitrogens with one attached hydrogen (secondary N) is 1. The maximum atomic E-state index is 12.2. The number of hydrogen-bond acceptors (Lipinski definition) is 7. The van der Waals surface area contributed by atoms with E-state index in [-0.39, 0.29) is 17.1 Å². The molecule has 0 saturated carbocycles. The number of rotatable bonds is 6. The van der Waals surface area contributed by atoms with Gasteiger partial charge in [0.05, 0.1) is 10.6 Å². The first kappa shape index (κ1) is 18.4. The Balaban J connectivity index is 1.59. The minimum Gasteiger partial charge on any atom is -0.300 e. The van der Waals surface area contributed by atoms with Crippen LogP contribution in [0.1, 0.15) is 6.42 Å². The van der Waals surface area contributed by atoms with Crippen molar-refractivity contribution < 1.29 is 13.2 Å². The maximum Gasteiger partial charge on any atom is 0.227 e. The lowest BCUT2D eigenvalue weighted by Gasteiger charge is -2.04. The number of hydrogen-bond donors (Lipinski definition) is 1. The molecule has 1 aromatic carbocycles. The zero-order valence-electron chi connectivity index (χ0n) is 13.3. The number of carbonyl (C=O) groups excluding carboxylic acids is 1. The highest BCUT2D eigenvalue weighted by molar-refractivity contribution is 7.91. The normalized spacial score (nSPS) is 11.3. The first-order chi connectivity index (χ1) is 12.4. The van der Waals surface area contributed by atoms with Crippen LogP contribution in [0.15, 0.2) is 53.6 Å². The van der Waals surface area contributed by atoms with Crippen LogP contribution >= 0.6 is 22.9 Å². The van der Waals surface area contributed by atoms with Crippen LogP contribution in [-0.4, -0.2) is 35.3 Å². The van der Waals surface area contributed by atoms with E-state index in [0.29, 0.717) is 20.9 Å². The summed E-state index contributed by atoms with van der Waals surface area (Å²) in [6, 6.07) is 11.2. The molecule has 1 amide bonds. The van der Waals surface area contributed by atoms with Gasteiger partial charge in [-0.3, -0.25) is 9.78 Å². The van der Waals surface area contributed by atoms with Gasteiger partial charge in [0.25, 0.3) is 0 Å². The summed E-state index contributed by atoms with van der Waals surface area (Å²) in [5, 5.41) is 11.7. The molecular weight excluding hydrogens is 396 g/mol. The van der Waals surface area contributed by atoms with E-state index in [2.05, 4.69) is 20.5 Å². The van der Waals surface area contributed by atoms with Crippen LogP contribution in [0.4, 0.5) is 5.13 Å². The van der Waals surface area contributed by atoms with E-state index in [0.717, 1.165) is 11.3 Å². The zero-order valence-corrected chi connectivity index (χ0v) is 15.7. The second-order valence-corrected chi connectivity index (χ2v) is 8.72. The summed E-state index contributed by atoms with van der Waals surface area (Å²) in [4.78, 5) is 16.3. The standard InChI is InChI=1S/C16H13ClN4O3S2/c17-11-4-6-12(7-5-11)26(23,24)10-8-14(22)19-16-21-20-15(25-16)13-3-1-2-9-18-13/h1-7,9H,8,10H2,(H,19,21,22). The Morgan fingerprint density at radius 2 is 1.88 bits per heavy atom. The van der Waals surface area contributed by atoms with Crippen molar-refractivity contribution >= 4 is 43.8 Å². The Kier molecular flexibility index (Phi) is 5.60. The molecule has 3 rings (SSSR count). The summed E-state index contributed by atoms with van der Waals surface area (Å²) in [7, 11) is -3.56. The molecule has 0 radical (unpaired) electrons. The van der Waals surface area contributed by atoms with Gasteiger partial charge in [0.2, 0.25) is 11.0 Å². The van der Waals surface area contributed by atoms with Crippen molar-refractivity contribution in [1.29, 1.82) is 0 Å². The molecule has 7 nitrogen and oxygen atoms in total. The van der Waals surface area contributed by atoms with E-state index in [4.69, 9.17) is 11.6 Å². The molecule has 26 heavy (non-hydrogen) atoms. The van der Waals surface area contributed by atoms with Gasteiger partial charge in [0, 0.05) is 17.6 Å². The number of aromatic nitrogens is 3. The predicted octanol–water partition coefficient (Wildman–Crippen LogP) is 3.06. The van der Waals surface area contributed by atoms with Gasteiger partial charge >= 0.3 is 0 Å². The molecule has 0 aliphatic rings. The van der Waals surface area contributed by atoms with Crippen molar-refractivity contribution in [3.05, 3.63) is 53.7 Å². The third-order valence-corrected chi connectivity index (χ3v) is 6.17. The van der Waals surface area contributed by atoms with Gasteiger partial charge in [-0.2, -0.15) is 0 Å². The van der Waals surface area contributed by atoms with Crippen molar-refractivity contribution in [3.8, 4) is 10.7 Å². The maximum absolute atomic E-state index is 12.2. The Morgan fingerprint density at radius 1 is 1.12 bits per heavy atom. The van der Waals surface area contributed by atoms with E-state index in [9.17, 15) is 13.2 Å². The fourth-order valence-corrected chi connectivity index (χ4v) is 4.14. The number of pyridine rings is 1. The number of halogens is 1. The molecule has 3 aromatic rings. The molecule has 0 bridgehead atoms. The van der Waals surface area contributed by atoms with Gasteiger partial charge in [0.15, 0.2) is 14.8 Å². The smallest absolute Gasteiger partial charge is 0.227 e. The van der Waals surface area contributed by atoms with Crippen molar-refractivity contribution in [1.82, 2.24) is 15.2 Å². The molecule has 10 heteroatoms. The number of sulfone groups is 1. The summed E-state index contributed by atoms with van der Waals surface area (Å²) in [5.41, 5.74) is 0.649. The fourth-order valence-electron chi connectivity index (χ4n) is 2.04. The van der Waals surface area contributed by atoms with Crippen molar-refractivity contribution in [2.75, 3.05) is 11.1 Å². The lowest BCUT2D eigenvalue weighted by molar-refractivity contribution is -0.115. The number of amides is 1. The van der Waals surface area contributed by atoms with Gasteiger partial charge in [0.1, 0.15) is 5.69 Å². The molecule has 1 N–H and O–H groups in total. The lowest BCUT2D eigenvalue weighted by Crippen LogP contribution is -2.17. The Bertz CT molecular complexity index is 1010. The van der Waals surface area contributed by atoms with Gasteiger partial charge in [-0.05, 0) is 36.4 Å². The predicted molar refractivity (Wildman–Crippen MR) is 99.9 cm³/mol. The van der Waals surface area contributed by atoms with E-state index in [1.807, 2.05) is 6.07 Å². The highest BCUT2D eigenvalue weighted by atomic mass is 35.5. The van der Waals surface area contributed by atoms with E-state index in [1.54, 1.807) is 18.3 Å². The topological polar surface area (TPSA) is 102 Å². The van der Waals surface area contributed by atoms with Crippen LogP contribution in [0.25, 0.3) is 10.7 Å². The van der Waals surface area contributed by atoms with Gasteiger partial charge in [-0.15, -0.1) is 10.2 Å². The Hall–Kier alpha value is -2.36. The van der Waals surface area contributed by atoms with Crippen molar-refractivity contribution in [2.45, 2.75) is 11.3 Å². The highest BCUT2D eigenvalue weighted by Gasteiger charge is 2.17. The van der Waals surface area contributed by atoms with E-state index in [1.165, 1.54) is 24.3 Å². The summed E-state index contributed by atoms with van der Waals surface area (Å²) in [6.45, 7) is 0. The minimum absolute atomic E-state index is 0.128. The van der Waals surface area contributed by atoms with Crippen molar-refractivity contribution in [2.24, 2.45) is 0 Å². The monoisotopic (exact) mass is 408 g/mol. The van der Waals surface area contributed by atoms with Crippen LogP contribution in [0.2, 0.25) is 5.02 Å². The number of benzene rings is 1. The molecule has 2 heterocycles. The first-order valence-electron chi connectivity index (χ1n) is 7.47. The van der Waals surface area contributed by atoms with Crippen LogP contribution in [0.3, 0.4) is 0 Å². The van der Waals surface area contributed by atoms with Crippen LogP contribution in [-0.2, 0) is 14.6 Å². The second kappa shape index (κ2) is 7.90. The van der Waals surface area contributed by atoms with E-state index >= 15 is 0 Å². The quantitative estimate of drug-likeness (QED) is 0.672. The molecule has 2 aromatic heterocycles. The summed E-state index contributed by atoms with van der Waals surface area (Å²) in [5.74, 6) is -0.766. The molecule has 0 atom stereocenters. The molecule has 134 valence electrons.